The predicted octanol–water partition coefficient (Wildman–Crippen LogP) is 2.48. The van der Waals surface area contributed by atoms with Crippen LogP contribution in [0.4, 0.5) is 4.79 Å². The van der Waals surface area contributed by atoms with Crippen LogP contribution in [0.3, 0.4) is 0 Å². The van der Waals surface area contributed by atoms with Crippen LogP contribution in [0, 0.1) is 5.92 Å². The number of alkyl carbamates (subject to hydrolysis) is 1. The smallest absolute Gasteiger partial charge is 0.408 e. The monoisotopic (exact) mass is 431 g/mol. The van der Waals surface area contributed by atoms with Gasteiger partial charge in [0.05, 0.1) is 5.92 Å². The molecule has 0 radical (unpaired) electrons. The molecule has 0 spiro atoms. The van der Waals surface area contributed by atoms with Crippen molar-refractivity contribution < 1.29 is 24.2 Å². The standard InChI is InChI=1S/C23H33N3O5/c1-15(2)25(3)17-9-10-20(18(13-17)22(28)29)26-12-11-19(21(26)27)24-23(30)31-14-16-7-5-4-6-8-16/h4-8,15,17-20H,9-14H2,1-3H3,(H,24,30)(H,28,29)/t17-,18-,19+,20-/m1/s1. The lowest BCUT2D eigenvalue weighted by Gasteiger charge is -2.43. The number of hydrogen-bond acceptors (Lipinski definition) is 5. The van der Waals surface area contributed by atoms with Gasteiger partial charge in [-0.2, -0.15) is 0 Å². The third kappa shape index (κ3) is 5.55. The van der Waals surface area contributed by atoms with Crippen molar-refractivity contribution in [3.8, 4) is 0 Å². The van der Waals surface area contributed by atoms with Crippen LogP contribution in [-0.2, 0) is 20.9 Å². The molecule has 3 rings (SSSR count). The molecule has 1 aromatic carbocycles. The van der Waals surface area contributed by atoms with Gasteiger partial charge in [0.25, 0.3) is 0 Å². The molecular formula is C23H33N3O5. The van der Waals surface area contributed by atoms with Crippen LogP contribution in [0.25, 0.3) is 0 Å². The summed E-state index contributed by atoms with van der Waals surface area (Å²) in [6, 6.07) is 8.83. The highest BCUT2D eigenvalue weighted by atomic mass is 16.5. The first-order chi connectivity index (χ1) is 14.8. The number of rotatable bonds is 7. The Morgan fingerprint density at radius 1 is 1.23 bits per heavy atom. The third-order valence-electron chi connectivity index (χ3n) is 6.64. The largest absolute Gasteiger partial charge is 0.481 e. The lowest BCUT2D eigenvalue weighted by molar-refractivity contribution is -0.149. The van der Waals surface area contributed by atoms with E-state index >= 15 is 0 Å². The zero-order valence-electron chi connectivity index (χ0n) is 18.5. The number of likely N-dealkylation sites (tertiary alicyclic amines) is 1. The first-order valence-electron chi connectivity index (χ1n) is 11.0. The van der Waals surface area contributed by atoms with E-state index in [1.807, 2.05) is 37.4 Å². The Bertz CT molecular complexity index is 785. The molecule has 31 heavy (non-hydrogen) atoms. The molecule has 0 aromatic heterocycles. The molecule has 4 atom stereocenters. The van der Waals surface area contributed by atoms with Crippen molar-refractivity contribution in [1.82, 2.24) is 15.1 Å². The molecule has 2 amide bonds. The Balaban J connectivity index is 1.56. The Hall–Kier alpha value is -2.61. The van der Waals surface area contributed by atoms with Gasteiger partial charge in [-0.3, -0.25) is 9.59 Å². The van der Waals surface area contributed by atoms with Crippen molar-refractivity contribution in [2.45, 2.75) is 70.3 Å². The average Bonchev–Trinajstić information content (AvgIpc) is 3.11. The van der Waals surface area contributed by atoms with Gasteiger partial charge in [0, 0.05) is 24.7 Å². The van der Waals surface area contributed by atoms with Crippen molar-refractivity contribution in [3.05, 3.63) is 35.9 Å². The molecule has 8 nitrogen and oxygen atoms in total. The molecule has 2 aliphatic rings. The van der Waals surface area contributed by atoms with Gasteiger partial charge in [0.1, 0.15) is 12.6 Å². The van der Waals surface area contributed by atoms with E-state index in [9.17, 15) is 19.5 Å². The number of carboxylic acids is 1. The number of carbonyl (C=O) groups excluding carboxylic acids is 2. The van der Waals surface area contributed by atoms with Crippen LogP contribution in [0.15, 0.2) is 30.3 Å². The van der Waals surface area contributed by atoms with E-state index in [0.29, 0.717) is 31.8 Å². The maximum absolute atomic E-state index is 13.0. The van der Waals surface area contributed by atoms with Crippen LogP contribution in [0.2, 0.25) is 0 Å². The van der Waals surface area contributed by atoms with Gasteiger partial charge >= 0.3 is 12.1 Å². The number of nitrogens with zero attached hydrogens (tertiary/aromatic N) is 2. The minimum atomic E-state index is -0.863. The number of ether oxygens (including phenoxy) is 1. The molecule has 2 fully saturated rings. The fourth-order valence-electron chi connectivity index (χ4n) is 4.63. The highest BCUT2D eigenvalue weighted by Crippen LogP contribution is 2.34. The lowest BCUT2D eigenvalue weighted by Crippen LogP contribution is -2.53. The Morgan fingerprint density at radius 3 is 2.58 bits per heavy atom. The van der Waals surface area contributed by atoms with Crippen molar-refractivity contribution in [2.24, 2.45) is 5.92 Å². The van der Waals surface area contributed by atoms with Gasteiger partial charge in [-0.1, -0.05) is 30.3 Å². The zero-order chi connectivity index (χ0) is 22.5. The predicted molar refractivity (Wildman–Crippen MR) is 115 cm³/mol. The van der Waals surface area contributed by atoms with Gasteiger partial charge in [-0.15, -0.1) is 0 Å². The maximum Gasteiger partial charge on any atom is 0.408 e. The van der Waals surface area contributed by atoms with Crippen molar-refractivity contribution in [2.75, 3.05) is 13.6 Å². The zero-order valence-corrected chi connectivity index (χ0v) is 18.5. The molecule has 1 aromatic rings. The third-order valence-corrected chi connectivity index (χ3v) is 6.64. The van der Waals surface area contributed by atoms with E-state index in [0.717, 1.165) is 12.0 Å². The van der Waals surface area contributed by atoms with Crippen molar-refractivity contribution >= 4 is 18.0 Å². The molecule has 1 aliphatic heterocycles. The molecule has 0 unspecified atom stereocenters. The number of carbonyl (C=O) groups is 3. The van der Waals surface area contributed by atoms with Crippen LogP contribution < -0.4 is 5.32 Å². The second-order valence-electron chi connectivity index (χ2n) is 8.82. The quantitative estimate of drug-likeness (QED) is 0.688. The number of hydrogen-bond donors (Lipinski definition) is 2. The van der Waals surface area contributed by atoms with Crippen molar-refractivity contribution in [3.63, 3.8) is 0 Å². The summed E-state index contributed by atoms with van der Waals surface area (Å²) < 4.78 is 5.22. The Kier molecular flexibility index (Phi) is 7.54. The lowest BCUT2D eigenvalue weighted by atomic mass is 9.80. The van der Waals surface area contributed by atoms with E-state index < -0.39 is 24.0 Å². The number of carboxylic acid groups (broad SMARTS) is 1. The second-order valence-corrected chi connectivity index (χ2v) is 8.82. The molecular weight excluding hydrogens is 398 g/mol. The topological polar surface area (TPSA) is 99.2 Å². The number of benzene rings is 1. The van der Waals surface area contributed by atoms with E-state index in [1.54, 1.807) is 4.90 Å². The molecule has 1 aliphatic carbocycles. The van der Waals surface area contributed by atoms with Gasteiger partial charge in [-0.25, -0.2) is 4.79 Å². The number of amides is 2. The fraction of sp³-hybridized carbons (Fsp3) is 0.609. The van der Waals surface area contributed by atoms with Crippen LogP contribution in [0.5, 0.6) is 0 Å². The van der Waals surface area contributed by atoms with E-state index in [-0.39, 0.29) is 24.6 Å². The van der Waals surface area contributed by atoms with Crippen LogP contribution >= 0.6 is 0 Å². The molecule has 170 valence electrons. The van der Waals surface area contributed by atoms with E-state index in [1.165, 1.54) is 0 Å². The summed E-state index contributed by atoms with van der Waals surface area (Å²) in [6.07, 6.45) is 1.84. The summed E-state index contributed by atoms with van der Waals surface area (Å²) in [5.41, 5.74) is 0.865. The molecule has 1 heterocycles. The number of nitrogens with one attached hydrogen (secondary N) is 1. The molecule has 1 saturated heterocycles. The fourth-order valence-corrected chi connectivity index (χ4v) is 4.63. The maximum atomic E-state index is 13.0. The summed E-state index contributed by atoms with van der Waals surface area (Å²) in [7, 11) is 2.02. The average molecular weight is 432 g/mol. The number of aliphatic carboxylic acids is 1. The van der Waals surface area contributed by atoms with Gasteiger partial charge in [-0.05, 0) is 52.1 Å². The van der Waals surface area contributed by atoms with Crippen LogP contribution in [0.1, 0.15) is 45.1 Å². The molecule has 2 N–H and O–H groups in total. The summed E-state index contributed by atoms with van der Waals surface area (Å²) in [6.45, 7) is 4.77. The first-order valence-corrected chi connectivity index (χ1v) is 11.0. The normalized spacial score (nSPS) is 26.4. The molecule has 1 saturated carbocycles. The Labute approximate surface area is 183 Å². The SMILES string of the molecule is CC(C)N(C)[C@@H]1CC[C@@H](N2CC[C@H](NC(=O)OCc3ccccc3)C2=O)[C@H](C(=O)O)C1. The molecule has 8 heteroatoms. The van der Waals surface area contributed by atoms with Gasteiger partial charge in [0.2, 0.25) is 5.91 Å². The minimum Gasteiger partial charge on any atom is -0.481 e. The van der Waals surface area contributed by atoms with Crippen molar-refractivity contribution in [1.29, 1.82) is 0 Å². The molecule has 0 bridgehead atoms. The summed E-state index contributed by atoms with van der Waals surface area (Å²) in [5.74, 6) is -1.69. The first kappa shape index (κ1) is 23.1. The second kappa shape index (κ2) is 10.1. The Morgan fingerprint density at radius 2 is 1.94 bits per heavy atom. The summed E-state index contributed by atoms with van der Waals surface area (Å²) >= 11 is 0. The van der Waals surface area contributed by atoms with E-state index in [2.05, 4.69) is 24.1 Å². The highest BCUT2D eigenvalue weighted by Gasteiger charge is 2.45. The summed E-state index contributed by atoms with van der Waals surface area (Å²) in [4.78, 5) is 41.0. The van der Waals surface area contributed by atoms with E-state index in [4.69, 9.17) is 4.74 Å². The minimum absolute atomic E-state index is 0.131. The van der Waals surface area contributed by atoms with Gasteiger partial charge < -0.3 is 25.0 Å². The highest BCUT2D eigenvalue weighted by molar-refractivity contribution is 5.88. The summed E-state index contributed by atoms with van der Waals surface area (Å²) in [5, 5.41) is 12.5. The van der Waals surface area contributed by atoms with Gasteiger partial charge in [0.15, 0.2) is 0 Å². The van der Waals surface area contributed by atoms with Crippen LogP contribution in [-0.4, -0.2) is 70.6 Å².